The lowest BCUT2D eigenvalue weighted by atomic mass is 10.1. The molecule has 1 aromatic heterocycles. The highest BCUT2D eigenvalue weighted by Crippen LogP contribution is 2.02. The third-order valence-electron chi connectivity index (χ3n) is 2.20. The smallest absolute Gasteiger partial charge is 0.261 e. The summed E-state index contributed by atoms with van der Waals surface area (Å²) < 4.78 is 30.0. The van der Waals surface area contributed by atoms with Gasteiger partial charge in [-0.1, -0.05) is 5.21 Å². The molecule has 0 saturated carbocycles. The van der Waals surface area contributed by atoms with Crippen molar-refractivity contribution in [2.24, 2.45) is 12.9 Å². The first-order valence-corrected chi connectivity index (χ1v) is 5.29. The van der Waals surface area contributed by atoms with Crippen LogP contribution in [0.1, 0.15) is 12.1 Å². The van der Waals surface area contributed by atoms with Gasteiger partial charge in [-0.2, -0.15) is 0 Å². The van der Waals surface area contributed by atoms with E-state index in [1.165, 1.54) is 0 Å². The zero-order chi connectivity index (χ0) is 12.7. The van der Waals surface area contributed by atoms with Crippen molar-refractivity contribution in [3.05, 3.63) is 11.9 Å². The van der Waals surface area contributed by atoms with E-state index < -0.39 is 13.0 Å². The van der Waals surface area contributed by atoms with Gasteiger partial charge >= 0.3 is 0 Å². The van der Waals surface area contributed by atoms with E-state index in [4.69, 9.17) is 10.6 Å². The molecule has 0 aliphatic heterocycles. The average Bonchev–Trinajstić information content (AvgIpc) is 2.68. The largest absolute Gasteiger partial charge is 0.375 e. The zero-order valence-corrected chi connectivity index (χ0v) is 9.64. The first kappa shape index (κ1) is 13.9. The molecule has 0 aliphatic rings. The van der Waals surface area contributed by atoms with E-state index in [0.717, 1.165) is 5.69 Å². The number of aryl methyl sites for hydroxylation is 1. The Morgan fingerprint density at radius 2 is 2.35 bits per heavy atom. The Morgan fingerprint density at radius 3 is 2.88 bits per heavy atom. The van der Waals surface area contributed by atoms with E-state index in [0.29, 0.717) is 12.8 Å². The number of hydrogen-bond donors (Lipinski definition) is 2. The van der Waals surface area contributed by atoms with E-state index in [9.17, 15) is 8.78 Å². The molecule has 0 saturated heterocycles. The van der Waals surface area contributed by atoms with Crippen molar-refractivity contribution in [2.45, 2.75) is 25.3 Å². The van der Waals surface area contributed by atoms with Crippen LogP contribution in [0, 0.1) is 0 Å². The topological polar surface area (TPSA) is 78.0 Å². The Bertz CT molecular complexity index is 320. The highest BCUT2D eigenvalue weighted by atomic mass is 19.3. The van der Waals surface area contributed by atoms with Crippen LogP contribution in [0.15, 0.2) is 6.20 Å². The summed E-state index contributed by atoms with van der Waals surface area (Å²) in [5, 5.41) is 7.71. The van der Waals surface area contributed by atoms with Gasteiger partial charge in [0.05, 0.1) is 5.69 Å². The number of hydrogen-bond acceptors (Lipinski definition) is 5. The summed E-state index contributed by atoms with van der Waals surface area (Å²) in [7, 11) is 1.77. The fourth-order valence-corrected chi connectivity index (χ4v) is 1.38. The molecule has 1 atom stereocenters. The molecular weight excluding hydrogens is 232 g/mol. The molecule has 0 radical (unpaired) electrons. The van der Waals surface area contributed by atoms with Crippen molar-refractivity contribution >= 4 is 0 Å². The lowest BCUT2D eigenvalue weighted by Crippen LogP contribution is -2.37. The summed E-state index contributed by atoms with van der Waals surface area (Å²) in [6, 6.07) is -0.0654. The number of rotatable bonds is 8. The highest BCUT2D eigenvalue weighted by Gasteiger charge is 2.11. The standard InChI is InChI=1S/C9H17F2N5O/c1-16-5-8(14-15-16)4-7(13-12)2-3-17-6-9(10)11/h5,7,9,13H,2-4,6,12H2,1H3. The molecule has 0 spiro atoms. The van der Waals surface area contributed by atoms with Gasteiger partial charge in [-0.3, -0.25) is 16.0 Å². The molecule has 0 amide bonds. The summed E-state index contributed by atoms with van der Waals surface area (Å²) in [4.78, 5) is 0. The van der Waals surface area contributed by atoms with Gasteiger partial charge in [0.1, 0.15) is 6.61 Å². The van der Waals surface area contributed by atoms with Crippen LogP contribution in [0.2, 0.25) is 0 Å². The molecule has 1 unspecified atom stereocenters. The van der Waals surface area contributed by atoms with Crippen LogP contribution in [-0.4, -0.2) is 40.7 Å². The van der Waals surface area contributed by atoms with Crippen LogP contribution in [0.5, 0.6) is 0 Å². The molecular formula is C9H17F2N5O. The molecule has 3 N–H and O–H groups in total. The van der Waals surface area contributed by atoms with Gasteiger partial charge in [0.25, 0.3) is 6.43 Å². The number of nitrogens with one attached hydrogen (secondary N) is 1. The van der Waals surface area contributed by atoms with Crippen molar-refractivity contribution in [2.75, 3.05) is 13.2 Å². The first-order chi connectivity index (χ1) is 8.11. The minimum Gasteiger partial charge on any atom is -0.375 e. The molecule has 1 aromatic rings. The van der Waals surface area contributed by atoms with Gasteiger partial charge in [0.15, 0.2) is 0 Å². The lowest BCUT2D eigenvalue weighted by Gasteiger charge is -2.14. The van der Waals surface area contributed by atoms with Crippen LogP contribution in [-0.2, 0) is 18.2 Å². The van der Waals surface area contributed by atoms with Crippen molar-refractivity contribution < 1.29 is 13.5 Å². The third-order valence-corrected chi connectivity index (χ3v) is 2.20. The maximum Gasteiger partial charge on any atom is 0.261 e. The van der Waals surface area contributed by atoms with E-state index in [2.05, 4.69) is 15.7 Å². The molecule has 0 aliphatic carbocycles. The van der Waals surface area contributed by atoms with Gasteiger partial charge in [-0.15, -0.1) is 5.10 Å². The average molecular weight is 249 g/mol. The Hall–Kier alpha value is -1.12. The number of aromatic nitrogens is 3. The second kappa shape index (κ2) is 7.25. The van der Waals surface area contributed by atoms with Crippen molar-refractivity contribution in [3.63, 3.8) is 0 Å². The number of nitrogens with two attached hydrogens (primary N) is 1. The van der Waals surface area contributed by atoms with Crippen LogP contribution >= 0.6 is 0 Å². The van der Waals surface area contributed by atoms with Gasteiger partial charge in [-0.25, -0.2) is 8.78 Å². The molecule has 1 heterocycles. The molecule has 0 aromatic carbocycles. The number of ether oxygens (including phenoxy) is 1. The highest BCUT2D eigenvalue weighted by molar-refractivity contribution is 4.95. The molecule has 98 valence electrons. The number of hydrazine groups is 1. The van der Waals surface area contributed by atoms with E-state index in [-0.39, 0.29) is 12.6 Å². The van der Waals surface area contributed by atoms with Gasteiger partial charge in [0, 0.05) is 32.3 Å². The predicted octanol–water partition coefficient (Wildman–Crippen LogP) is -0.139. The molecule has 8 heteroatoms. The van der Waals surface area contributed by atoms with Crippen LogP contribution in [0.3, 0.4) is 0 Å². The maximum atomic E-state index is 11.8. The minimum atomic E-state index is -2.43. The summed E-state index contributed by atoms with van der Waals surface area (Å²) in [6.45, 7) is -0.304. The van der Waals surface area contributed by atoms with E-state index in [1.807, 2.05) is 0 Å². The monoisotopic (exact) mass is 249 g/mol. The number of nitrogens with zero attached hydrogens (tertiary/aromatic N) is 3. The molecule has 17 heavy (non-hydrogen) atoms. The van der Waals surface area contributed by atoms with Crippen molar-refractivity contribution in [3.8, 4) is 0 Å². The second-order valence-electron chi connectivity index (χ2n) is 3.71. The van der Waals surface area contributed by atoms with Crippen LogP contribution in [0.4, 0.5) is 8.78 Å². The van der Waals surface area contributed by atoms with E-state index in [1.54, 1.807) is 17.9 Å². The SMILES string of the molecule is Cn1cc(CC(CCOCC(F)F)NN)nn1. The Morgan fingerprint density at radius 1 is 1.59 bits per heavy atom. The Balaban J connectivity index is 2.24. The van der Waals surface area contributed by atoms with Crippen molar-refractivity contribution in [1.82, 2.24) is 20.4 Å². The Kier molecular flexibility index (Phi) is 5.95. The summed E-state index contributed by atoms with van der Waals surface area (Å²) in [5.41, 5.74) is 3.40. The lowest BCUT2D eigenvalue weighted by molar-refractivity contribution is 0.0144. The van der Waals surface area contributed by atoms with Gasteiger partial charge < -0.3 is 4.74 Å². The fraction of sp³-hybridized carbons (Fsp3) is 0.778. The third kappa shape index (κ3) is 5.66. The van der Waals surface area contributed by atoms with E-state index >= 15 is 0 Å². The van der Waals surface area contributed by atoms with Crippen LogP contribution in [0.25, 0.3) is 0 Å². The fourth-order valence-electron chi connectivity index (χ4n) is 1.38. The number of alkyl halides is 2. The Labute approximate surface area is 98.1 Å². The van der Waals surface area contributed by atoms with Gasteiger partial charge in [-0.05, 0) is 6.42 Å². The zero-order valence-electron chi connectivity index (χ0n) is 9.64. The summed E-state index contributed by atoms with van der Waals surface area (Å²) >= 11 is 0. The molecule has 6 nitrogen and oxygen atoms in total. The van der Waals surface area contributed by atoms with Gasteiger partial charge in [0.2, 0.25) is 0 Å². The summed E-state index contributed by atoms with van der Waals surface area (Å²) in [6.07, 6.45) is 0.478. The first-order valence-electron chi connectivity index (χ1n) is 5.29. The quantitative estimate of drug-likeness (QED) is 0.381. The normalized spacial score (nSPS) is 13.2. The van der Waals surface area contributed by atoms with Crippen molar-refractivity contribution in [1.29, 1.82) is 0 Å². The van der Waals surface area contributed by atoms with Crippen LogP contribution < -0.4 is 11.3 Å². The molecule has 0 fully saturated rings. The molecule has 1 rings (SSSR count). The second-order valence-corrected chi connectivity index (χ2v) is 3.71. The maximum absolute atomic E-state index is 11.8. The predicted molar refractivity (Wildman–Crippen MR) is 57.3 cm³/mol. The molecule has 0 bridgehead atoms. The number of halogens is 2. The summed E-state index contributed by atoms with van der Waals surface area (Å²) in [5.74, 6) is 5.36. The minimum absolute atomic E-state index is 0.0654.